The molecule has 0 aliphatic carbocycles. The highest BCUT2D eigenvalue weighted by atomic mass is 16.3. The first-order valence-electron chi connectivity index (χ1n) is 19.4. The van der Waals surface area contributed by atoms with E-state index in [1.54, 1.807) is 6.07 Å². The van der Waals surface area contributed by atoms with Crippen LogP contribution in [0.3, 0.4) is 0 Å². The number of imidazole rings is 1. The fourth-order valence-corrected chi connectivity index (χ4v) is 7.35. The summed E-state index contributed by atoms with van der Waals surface area (Å²) in [4.78, 5) is 5.31. The SMILES string of the molecule is CC(C)c1cc(C(C)C)c(-n2cnnc2-c2cccc(-c3cn(-c4c(C(C)C)cc(C(C)C)cc4C(C)C)c(-c4ccccc4O)n3)c2)c(C(C)C)c1. The van der Waals surface area contributed by atoms with Gasteiger partial charge in [-0.25, -0.2) is 4.98 Å². The lowest BCUT2D eigenvalue weighted by molar-refractivity contribution is 0.477. The summed E-state index contributed by atoms with van der Waals surface area (Å²) in [6, 6.07) is 25.4. The molecule has 276 valence electrons. The number of phenolic OH excluding ortho intramolecular Hbond substituents is 1. The topological polar surface area (TPSA) is 68.8 Å². The minimum Gasteiger partial charge on any atom is -0.507 e. The van der Waals surface area contributed by atoms with E-state index in [-0.39, 0.29) is 17.6 Å². The van der Waals surface area contributed by atoms with Gasteiger partial charge in [-0.15, -0.1) is 10.2 Å². The van der Waals surface area contributed by atoms with Crippen molar-refractivity contribution < 1.29 is 5.11 Å². The van der Waals surface area contributed by atoms with Crippen molar-refractivity contribution in [1.29, 1.82) is 0 Å². The van der Waals surface area contributed by atoms with Crippen molar-refractivity contribution in [2.75, 3.05) is 0 Å². The maximum atomic E-state index is 11.2. The summed E-state index contributed by atoms with van der Waals surface area (Å²) in [6.45, 7) is 27.1. The third-order valence-corrected chi connectivity index (χ3v) is 10.5. The normalized spacial score (nSPS) is 12.1. The van der Waals surface area contributed by atoms with Crippen LogP contribution in [-0.4, -0.2) is 29.4 Å². The van der Waals surface area contributed by atoms with Gasteiger partial charge in [-0.1, -0.05) is 138 Å². The number of aromatic hydroxyl groups is 1. The molecule has 0 aliphatic rings. The molecule has 0 bridgehead atoms. The summed E-state index contributed by atoms with van der Waals surface area (Å²) in [6.07, 6.45) is 4.00. The van der Waals surface area contributed by atoms with E-state index in [1.165, 1.54) is 39.1 Å². The van der Waals surface area contributed by atoms with Gasteiger partial charge in [0.2, 0.25) is 0 Å². The Kier molecular flexibility index (Phi) is 10.8. The van der Waals surface area contributed by atoms with E-state index in [9.17, 15) is 5.11 Å². The zero-order valence-electron chi connectivity index (χ0n) is 33.7. The van der Waals surface area contributed by atoms with Gasteiger partial charge in [0.25, 0.3) is 0 Å². The Balaban J connectivity index is 1.57. The molecule has 0 aliphatic heterocycles. The second-order valence-corrected chi connectivity index (χ2v) is 16.5. The van der Waals surface area contributed by atoms with Crippen molar-refractivity contribution >= 4 is 0 Å². The van der Waals surface area contributed by atoms with Gasteiger partial charge in [0.1, 0.15) is 17.9 Å². The smallest absolute Gasteiger partial charge is 0.168 e. The van der Waals surface area contributed by atoms with Gasteiger partial charge in [0.15, 0.2) is 5.82 Å². The fourth-order valence-electron chi connectivity index (χ4n) is 7.35. The van der Waals surface area contributed by atoms with E-state index in [4.69, 9.17) is 10.1 Å². The second-order valence-electron chi connectivity index (χ2n) is 16.5. The van der Waals surface area contributed by atoms with Gasteiger partial charge in [0, 0.05) is 17.3 Å². The van der Waals surface area contributed by atoms with E-state index in [0.29, 0.717) is 35.1 Å². The van der Waals surface area contributed by atoms with Crippen LogP contribution in [0.1, 0.15) is 152 Å². The molecule has 6 rings (SSSR count). The Morgan fingerprint density at radius 3 is 1.49 bits per heavy atom. The standard InChI is InChI=1S/C47H57N5O/c1-27(2)35-21-38(29(5)6)44(39(22-35)30(7)8)51-25-42(49-47(51)37-18-13-14-19-43(37)53)33-16-15-17-34(20-33)46-50-48-26-52(46)45-40(31(9)10)23-36(28(3)4)24-41(45)32(11)12/h13-32,53H,1-12H3. The van der Waals surface area contributed by atoms with Crippen LogP contribution in [0.2, 0.25) is 0 Å². The summed E-state index contributed by atoms with van der Waals surface area (Å²) in [5.74, 6) is 3.74. The lowest BCUT2D eigenvalue weighted by atomic mass is 9.87. The summed E-state index contributed by atoms with van der Waals surface area (Å²) in [5.41, 5.74) is 13.6. The number of hydrogen-bond acceptors (Lipinski definition) is 4. The zero-order valence-corrected chi connectivity index (χ0v) is 33.7. The van der Waals surface area contributed by atoms with Gasteiger partial charge >= 0.3 is 0 Å². The average Bonchev–Trinajstić information content (AvgIpc) is 3.79. The van der Waals surface area contributed by atoms with Crippen molar-refractivity contribution in [2.45, 2.75) is 119 Å². The number of phenols is 1. The number of benzene rings is 4. The minimum absolute atomic E-state index is 0.203. The zero-order chi connectivity index (χ0) is 38.3. The van der Waals surface area contributed by atoms with Crippen LogP contribution in [0.25, 0.3) is 45.4 Å². The third kappa shape index (κ3) is 7.33. The van der Waals surface area contributed by atoms with Crippen molar-refractivity contribution in [3.8, 4) is 51.2 Å². The van der Waals surface area contributed by atoms with E-state index < -0.39 is 0 Å². The van der Waals surface area contributed by atoms with Crippen LogP contribution in [0.4, 0.5) is 0 Å². The van der Waals surface area contributed by atoms with Gasteiger partial charge in [-0.3, -0.25) is 9.13 Å². The largest absolute Gasteiger partial charge is 0.507 e. The molecule has 0 fully saturated rings. The molecule has 1 N–H and O–H groups in total. The van der Waals surface area contributed by atoms with Gasteiger partial charge in [0.05, 0.1) is 22.6 Å². The minimum atomic E-state index is 0.203. The number of hydrogen-bond donors (Lipinski definition) is 1. The monoisotopic (exact) mass is 707 g/mol. The molecule has 4 aromatic carbocycles. The van der Waals surface area contributed by atoms with Crippen LogP contribution in [0.5, 0.6) is 5.75 Å². The molecule has 6 nitrogen and oxygen atoms in total. The molecule has 6 aromatic rings. The maximum Gasteiger partial charge on any atom is 0.168 e. The lowest BCUT2D eigenvalue weighted by Crippen LogP contribution is -2.10. The molecule has 0 spiro atoms. The van der Waals surface area contributed by atoms with Crippen LogP contribution < -0.4 is 0 Å². The molecule has 0 saturated heterocycles. The maximum absolute atomic E-state index is 11.2. The second kappa shape index (κ2) is 15.2. The average molecular weight is 708 g/mol. The molecule has 53 heavy (non-hydrogen) atoms. The fraction of sp³-hybridized carbons (Fsp3) is 0.383. The number of rotatable bonds is 11. The number of nitrogens with zero attached hydrogens (tertiary/aromatic N) is 5. The summed E-state index contributed by atoms with van der Waals surface area (Å²) in [7, 11) is 0. The molecule has 0 saturated carbocycles. The summed E-state index contributed by atoms with van der Waals surface area (Å²) in [5, 5.41) is 20.4. The summed E-state index contributed by atoms with van der Waals surface area (Å²) >= 11 is 0. The Labute approximate surface area is 317 Å². The predicted octanol–water partition coefficient (Wildman–Crippen LogP) is 12.9. The molecule has 6 heteroatoms. The highest BCUT2D eigenvalue weighted by molar-refractivity contribution is 5.75. The lowest BCUT2D eigenvalue weighted by Gasteiger charge is -2.24. The third-order valence-electron chi connectivity index (χ3n) is 10.5. The highest BCUT2D eigenvalue weighted by Gasteiger charge is 2.25. The van der Waals surface area contributed by atoms with Crippen molar-refractivity contribution in [3.63, 3.8) is 0 Å². The van der Waals surface area contributed by atoms with Crippen LogP contribution in [0, 0.1) is 0 Å². The first-order valence-corrected chi connectivity index (χ1v) is 19.4. The predicted molar refractivity (Wildman–Crippen MR) is 221 cm³/mol. The van der Waals surface area contributed by atoms with Crippen molar-refractivity contribution in [1.82, 2.24) is 24.3 Å². The molecule has 0 amide bonds. The Bertz CT molecular complexity index is 2170. The van der Waals surface area contributed by atoms with Gasteiger partial charge in [-0.2, -0.15) is 0 Å². The number of aromatic nitrogens is 5. The Morgan fingerprint density at radius 1 is 0.509 bits per heavy atom. The van der Waals surface area contributed by atoms with Gasteiger partial charge < -0.3 is 5.11 Å². The molecule has 0 unspecified atom stereocenters. The molecule has 0 atom stereocenters. The van der Waals surface area contributed by atoms with E-state index in [1.807, 2.05) is 24.5 Å². The number of para-hydroxylation sites is 1. The highest BCUT2D eigenvalue weighted by Crippen LogP contribution is 2.41. The van der Waals surface area contributed by atoms with Crippen LogP contribution in [-0.2, 0) is 0 Å². The quantitative estimate of drug-likeness (QED) is 0.146. The van der Waals surface area contributed by atoms with E-state index >= 15 is 0 Å². The van der Waals surface area contributed by atoms with Gasteiger partial charge in [-0.05, 0) is 87.1 Å². The Morgan fingerprint density at radius 2 is 1.00 bits per heavy atom. The van der Waals surface area contributed by atoms with E-state index in [2.05, 4.69) is 152 Å². The van der Waals surface area contributed by atoms with Crippen molar-refractivity contribution in [2.24, 2.45) is 0 Å². The first kappa shape index (κ1) is 37.8. The van der Waals surface area contributed by atoms with Crippen LogP contribution in [0.15, 0.2) is 85.3 Å². The molecule has 0 radical (unpaired) electrons. The van der Waals surface area contributed by atoms with Crippen molar-refractivity contribution in [3.05, 3.63) is 119 Å². The first-order chi connectivity index (χ1) is 25.2. The molecule has 2 heterocycles. The molecule has 2 aromatic heterocycles. The summed E-state index contributed by atoms with van der Waals surface area (Å²) < 4.78 is 4.40. The van der Waals surface area contributed by atoms with Crippen LogP contribution >= 0.6 is 0 Å². The molecular formula is C47H57N5O. The van der Waals surface area contributed by atoms with E-state index in [0.717, 1.165) is 28.3 Å². The molecular weight excluding hydrogens is 651 g/mol. The Hall–Kier alpha value is -4.97.